The van der Waals surface area contributed by atoms with Gasteiger partial charge in [-0.25, -0.2) is 0 Å². The second-order valence-corrected chi connectivity index (χ2v) is 6.38. The lowest BCUT2D eigenvalue weighted by molar-refractivity contribution is -0.143. The molecule has 1 amide bonds. The molecule has 1 rings (SSSR count). The molecule has 0 aromatic heterocycles. The molecule has 1 fully saturated rings. The first kappa shape index (κ1) is 16.0. The van der Waals surface area contributed by atoms with E-state index >= 15 is 0 Å². The number of piperidine rings is 1. The third-order valence-corrected chi connectivity index (χ3v) is 3.83. The summed E-state index contributed by atoms with van der Waals surface area (Å²) in [6, 6.07) is -0.840. The van der Waals surface area contributed by atoms with E-state index in [0.29, 0.717) is 6.54 Å². The monoisotopic (exact) mass is 270 g/mol. The molecule has 1 aliphatic heterocycles. The molecule has 19 heavy (non-hydrogen) atoms. The largest absolute Gasteiger partial charge is 0.480 e. The van der Waals surface area contributed by atoms with Gasteiger partial charge in [0.15, 0.2) is 0 Å². The number of hydrogen-bond acceptors (Lipinski definition) is 3. The normalized spacial score (nSPS) is 20.0. The molecule has 1 atom stereocenters. The minimum Gasteiger partial charge on any atom is -0.480 e. The smallest absolute Gasteiger partial charge is 0.325 e. The van der Waals surface area contributed by atoms with E-state index in [0.717, 1.165) is 19.0 Å². The molecule has 1 saturated heterocycles. The van der Waals surface area contributed by atoms with E-state index in [-0.39, 0.29) is 5.91 Å². The number of rotatable bonds is 5. The van der Waals surface area contributed by atoms with Crippen molar-refractivity contribution in [3.05, 3.63) is 0 Å². The number of carboxylic acid groups (broad SMARTS) is 1. The molecular formula is C14H26N2O3. The van der Waals surface area contributed by atoms with Gasteiger partial charge >= 0.3 is 5.97 Å². The van der Waals surface area contributed by atoms with Crippen LogP contribution in [0.25, 0.3) is 0 Å². The van der Waals surface area contributed by atoms with E-state index in [1.807, 2.05) is 13.8 Å². The minimum atomic E-state index is -1.00. The first-order valence-corrected chi connectivity index (χ1v) is 6.98. The average Bonchev–Trinajstić information content (AvgIpc) is 2.31. The highest BCUT2D eigenvalue weighted by molar-refractivity contribution is 5.86. The van der Waals surface area contributed by atoms with Crippen LogP contribution in [0.4, 0.5) is 0 Å². The molecule has 0 aromatic carbocycles. The van der Waals surface area contributed by atoms with Crippen LogP contribution in [-0.4, -0.2) is 47.6 Å². The molecule has 1 aliphatic rings. The Balaban J connectivity index is 2.50. The number of carbonyl (C=O) groups excluding carboxylic acids is 1. The zero-order valence-corrected chi connectivity index (χ0v) is 12.4. The Morgan fingerprint density at radius 2 is 1.89 bits per heavy atom. The van der Waals surface area contributed by atoms with Gasteiger partial charge < -0.3 is 15.3 Å². The lowest BCUT2D eigenvalue weighted by Crippen LogP contribution is -2.50. The van der Waals surface area contributed by atoms with Crippen molar-refractivity contribution in [3.8, 4) is 0 Å². The zero-order chi connectivity index (χ0) is 14.6. The molecule has 5 nitrogen and oxygen atoms in total. The fourth-order valence-electron chi connectivity index (χ4n) is 2.30. The summed E-state index contributed by atoms with van der Waals surface area (Å²) in [5.74, 6) is -0.433. The van der Waals surface area contributed by atoms with Gasteiger partial charge in [-0.3, -0.25) is 9.59 Å². The maximum Gasteiger partial charge on any atom is 0.325 e. The van der Waals surface area contributed by atoms with Crippen LogP contribution in [0.1, 0.15) is 40.5 Å². The van der Waals surface area contributed by atoms with E-state index in [1.165, 1.54) is 19.8 Å². The van der Waals surface area contributed by atoms with Gasteiger partial charge in [0, 0.05) is 6.54 Å². The number of nitrogens with one attached hydrogen (secondary N) is 1. The molecule has 5 heteroatoms. The van der Waals surface area contributed by atoms with Gasteiger partial charge in [-0.1, -0.05) is 6.92 Å². The Hall–Kier alpha value is -1.10. The van der Waals surface area contributed by atoms with Gasteiger partial charge in [-0.15, -0.1) is 0 Å². The number of nitrogens with zero attached hydrogens (tertiary/aromatic N) is 1. The maximum absolute atomic E-state index is 12.1. The number of carbonyl (C=O) groups is 2. The highest BCUT2D eigenvalue weighted by Gasteiger charge is 2.32. The van der Waals surface area contributed by atoms with E-state index in [4.69, 9.17) is 5.11 Å². The fourth-order valence-corrected chi connectivity index (χ4v) is 2.30. The Labute approximate surface area is 115 Å². The summed E-state index contributed by atoms with van der Waals surface area (Å²) in [5, 5.41) is 11.4. The summed E-state index contributed by atoms with van der Waals surface area (Å²) in [4.78, 5) is 25.2. The van der Waals surface area contributed by atoms with Crippen LogP contribution < -0.4 is 5.32 Å². The predicted molar refractivity (Wildman–Crippen MR) is 73.9 cm³/mol. The van der Waals surface area contributed by atoms with Crippen molar-refractivity contribution in [2.45, 2.75) is 46.6 Å². The lowest BCUT2D eigenvalue weighted by Gasteiger charge is -2.36. The molecule has 0 aliphatic carbocycles. The molecule has 1 unspecified atom stereocenters. The van der Waals surface area contributed by atoms with Crippen molar-refractivity contribution in [1.29, 1.82) is 0 Å². The minimum absolute atomic E-state index is 0.193. The molecule has 2 N–H and O–H groups in total. The van der Waals surface area contributed by atoms with Crippen molar-refractivity contribution in [1.82, 2.24) is 10.2 Å². The number of amides is 1. The molecule has 110 valence electrons. The van der Waals surface area contributed by atoms with Gasteiger partial charge in [0.2, 0.25) is 5.91 Å². The fraction of sp³-hybridized carbons (Fsp3) is 0.857. The number of likely N-dealkylation sites (tertiary alicyclic amines) is 1. The summed E-state index contributed by atoms with van der Waals surface area (Å²) < 4.78 is 0. The van der Waals surface area contributed by atoms with Gasteiger partial charge in [0.1, 0.15) is 6.04 Å². The summed E-state index contributed by atoms with van der Waals surface area (Å²) in [6.07, 6.45) is 2.34. The Morgan fingerprint density at radius 1 is 1.37 bits per heavy atom. The topological polar surface area (TPSA) is 69.6 Å². The van der Waals surface area contributed by atoms with Crippen LogP contribution in [0.15, 0.2) is 0 Å². The zero-order valence-electron chi connectivity index (χ0n) is 12.4. The molecule has 1 heterocycles. The van der Waals surface area contributed by atoms with E-state index in [9.17, 15) is 9.59 Å². The molecule has 0 spiro atoms. The SMILES string of the molecule is CC1CCN(CC(C)(C)C(=O)NC(C)C(=O)O)CC1. The molecule has 0 bridgehead atoms. The first-order chi connectivity index (χ1) is 8.72. The van der Waals surface area contributed by atoms with E-state index in [1.54, 1.807) is 0 Å². The Morgan fingerprint density at radius 3 is 2.37 bits per heavy atom. The average molecular weight is 270 g/mol. The molecule has 0 aromatic rings. The van der Waals surface area contributed by atoms with E-state index < -0.39 is 17.4 Å². The Bertz CT molecular complexity index is 334. The number of aliphatic carboxylic acids is 1. The maximum atomic E-state index is 12.1. The molecule has 0 saturated carbocycles. The second-order valence-electron chi connectivity index (χ2n) is 6.38. The van der Waals surface area contributed by atoms with E-state index in [2.05, 4.69) is 17.1 Å². The second kappa shape index (κ2) is 6.37. The summed E-state index contributed by atoms with van der Waals surface area (Å²) in [5.41, 5.74) is -0.565. The van der Waals surface area contributed by atoms with Crippen LogP contribution in [0, 0.1) is 11.3 Å². The first-order valence-electron chi connectivity index (χ1n) is 6.98. The van der Waals surface area contributed by atoms with Crippen LogP contribution in [0.2, 0.25) is 0 Å². The van der Waals surface area contributed by atoms with Crippen LogP contribution >= 0.6 is 0 Å². The van der Waals surface area contributed by atoms with Crippen LogP contribution in [0.3, 0.4) is 0 Å². The third-order valence-electron chi connectivity index (χ3n) is 3.83. The van der Waals surface area contributed by atoms with Gasteiger partial charge in [0.05, 0.1) is 5.41 Å². The van der Waals surface area contributed by atoms with Crippen molar-refractivity contribution in [3.63, 3.8) is 0 Å². The van der Waals surface area contributed by atoms with Crippen LogP contribution in [0.5, 0.6) is 0 Å². The van der Waals surface area contributed by atoms with Crippen LogP contribution in [-0.2, 0) is 9.59 Å². The summed E-state index contributed by atoms with van der Waals surface area (Å²) in [6.45, 7) is 10.2. The Kier molecular flexibility index (Phi) is 5.35. The lowest BCUT2D eigenvalue weighted by atomic mass is 9.89. The summed E-state index contributed by atoms with van der Waals surface area (Å²) >= 11 is 0. The van der Waals surface area contributed by atoms with Crippen molar-refractivity contribution in [2.24, 2.45) is 11.3 Å². The van der Waals surface area contributed by atoms with Gasteiger partial charge in [0.25, 0.3) is 0 Å². The highest BCUT2D eigenvalue weighted by Crippen LogP contribution is 2.22. The number of carboxylic acids is 1. The molecular weight excluding hydrogens is 244 g/mol. The highest BCUT2D eigenvalue weighted by atomic mass is 16.4. The predicted octanol–water partition coefficient (Wildman–Crippen LogP) is 1.33. The van der Waals surface area contributed by atoms with Crippen molar-refractivity contribution in [2.75, 3.05) is 19.6 Å². The van der Waals surface area contributed by atoms with Gasteiger partial charge in [-0.05, 0) is 52.6 Å². The van der Waals surface area contributed by atoms with Crippen molar-refractivity contribution >= 4 is 11.9 Å². The van der Waals surface area contributed by atoms with Crippen molar-refractivity contribution < 1.29 is 14.7 Å². The number of hydrogen-bond donors (Lipinski definition) is 2. The standard InChI is InChI=1S/C14H26N2O3/c1-10-5-7-16(8-6-10)9-14(3,4)13(19)15-11(2)12(17)18/h10-11H,5-9H2,1-4H3,(H,15,19)(H,17,18). The summed E-state index contributed by atoms with van der Waals surface area (Å²) in [7, 11) is 0. The molecule has 0 radical (unpaired) electrons. The third kappa shape index (κ3) is 4.82. The quantitative estimate of drug-likeness (QED) is 0.791. The van der Waals surface area contributed by atoms with Gasteiger partial charge in [-0.2, -0.15) is 0 Å².